The number of halogens is 4. The first-order valence-corrected chi connectivity index (χ1v) is 8.92. The molecule has 0 spiro atoms. The number of ether oxygens (including phenoxy) is 1. The van der Waals surface area contributed by atoms with Gasteiger partial charge in [-0.15, -0.1) is 0 Å². The van der Waals surface area contributed by atoms with Crippen LogP contribution >= 0.6 is 0 Å². The third-order valence-electron chi connectivity index (χ3n) is 3.42. The lowest BCUT2D eigenvalue weighted by molar-refractivity contribution is -0.0438. The third-order valence-corrected chi connectivity index (χ3v) is 4.86. The molecule has 0 aliphatic carbocycles. The van der Waals surface area contributed by atoms with E-state index < -0.39 is 37.7 Å². The molecule has 0 fully saturated rings. The van der Waals surface area contributed by atoms with Crippen molar-refractivity contribution < 1.29 is 35.5 Å². The molecule has 2 aromatic rings. The van der Waals surface area contributed by atoms with Crippen LogP contribution in [0.2, 0.25) is 0 Å². The minimum Gasteiger partial charge on any atom is -0.492 e. The van der Waals surface area contributed by atoms with Crippen molar-refractivity contribution >= 4 is 15.7 Å². The summed E-state index contributed by atoms with van der Waals surface area (Å²) in [5.41, 5.74) is -6.28. The molecule has 1 aromatic carbocycles. The Morgan fingerprint density at radius 2 is 1.81 bits per heavy atom. The zero-order valence-electron chi connectivity index (χ0n) is 13.9. The smallest absolute Gasteiger partial charge is 0.492 e. The molecule has 1 heterocycles. The van der Waals surface area contributed by atoms with Gasteiger partial charge < -0.3 is 9.64 Å². The standard InChI is InChI=1S/C16H14F4N2O4S/c1-22(9-10-26-12-6-4-11(17)5-7-12)15(23)13-3-2-8-21-14(13)27(24,25)16(18,19)20/h2-8H,9-10H2,1H3. The molecule has 146 valence electrons. The van der Waals surface area contributed by atoms with Gasteiger partial charge in [0.2, 0.25) is 0 Å². The van der Waals surface area contributed by atoms with Crippen LogP contribution in [-0.2, 0) is 9.84 Å². The zero-order valence-corrected chi connectivity index (χ0v) is 14.7. The van der Waals surface area contributed by atoms with Gasteiger partial charge in [0.25, 0.3) is 15.7 Å². The van der Waals surface area contributed by atoms with Gasteiger partial charge in [-0.1, -0.05) is 0 Å². The highest BCUT2D eigenvalue weighted by Gasteiger charge is 2.49. The largest absolute Gasteiger partial charge is 0.503 e. The van der Waals surface area contributed by atoms with E-state index in [-0.39, 0.29) is 13.2 Å². The molecule has 6 nitrogen and oxygen atoms in total. The van der Waals surface area contributed by atoms with Gasteiger partial charge in [0, 0.05) is 13.2 Å². The van der Waals surface area contributed by atoms with Crippen LogP contribution in [-0.4, -0.2) is 49.9 Å². The van der Waals surface area contributed by atoms with E-state index in [0.717, 1.165) is 23.2 Å². The predicted molar refractivity (Wildman–Crippen MR) is 86.3 cm³/mol. The second-order valence-corrected chi connectivity index (χ2v) is 7.19. The molecule has 1 amide bonds. The van der Waals surface area contributed by atoms with Crippen LogP contribution in [0.15, 0.2) is 47.6 Å². The van der Waals surface area contributed by atoms with Crippen LogP contribution in [0.1, 0.15) is 10.4 Å². The molecule has 0 unspecified atom stereocenters. The molecule has 0 bridgehead atoms. The molecule has 27 heavy (non-hydrogen) atoms. The number of hydrogen-bond acceptors (Lipinski definition) is 5. The molecule has 0 aliphatic rings. The van der Waals surface area contributed by atoms with Crippen LogP contribution in [0.5, 0.6) is 5.75 Å². The van der Waals surface area contributed by atoms with E-state index in [1.54, 1.807) is 0 Å². The number of alkyl halides is 3. The summed E-state index contributed by atoms with van der Waals surface area (Å²) < 4.78 is 79.7. The minimum absolute atomic E-state index is 0.0461. The van der Waals surface area contributed by atoms with E-state index >= 15 is 0 Å². The maximum absolute atomic E-state index is 12.8. The monoisotopic (exact) mass is 406 g/mol. The van der Waals surface area contributed by atoms with E-state index in [0.29, 0.717) is 5.75 Å². The lowest BCUT2D eigenvalue weighted by atomic mass is 10.2. The number of amides is 1. The number of nitrogens with zero attached hydrogens (tertiary/aromatic N) is 2. The Labute approximate surface area is 152 Å². The second-order valence-electron chi connectivity index (χ2n) is 5.33. The fourth-order valence-electron chi connectivity index (χ4n) is 2.02. The van der Waals surface area contributed by atoms with E-state index in [2.05, 4.69) is 4.98 Å². The number of benzene rings is 1. The van der Waals surface area contributed by atoms with E-state index in [1.165, 1.54) is 31.3 Å². The molecule has 0 saturated heterocycles. The summed E-state index contributed by atoms with van der Waals surface area (Å²) in [5.74, 6) is -1.09. The van der Waals surface area contributed by atoms with Crippen molar-refractivity contribution in [3.63, 3.8) is 0 Å². The summed E-state index contributed by atoms with van der Waals surface area (Å²) in [6.07, 6.45) is 0.854. The first kappa shape index (κ1) is 20.6. The maximum Gasteiger partial charge on any atom is 0.503 e. The fourth-order valence-corrected chi connectivity index (χ4v) is 2.88. The van der Waals surface area contributed by atoms with Gasteiger partial charge in [-0.25, -0.2) is 17.8 Å². The van der Waals surface area contributed by atoms with Crippen molar-refractivity contribution in [3.05, 3.63) is 54.0 Å². The van der Waals surface area contributed by atoms with Crippen LogP contribution < -0.4 is 4.74 Å². The number of hydrogen-bond donors (Lipinski definition) is 0. The Kier molecular flexibility index (Phi) is 6.04. The van der Waals surface area contributed by atoms with Gasteiger partial charge in [0.1, 0.15) is 18.2 Å². The summed E-state index contributed by atoms with van der Waals surface area (Å²) in [4.78, 5) is 16.6. The number of aromatic nitrogens is 1. The molecule has 2 rings (SSSR count). The molecule has 1 aromatic heterocycles. The predicted octanol–water partition coefficient (Wildman–Crippen LogP) is 2.67. The van der Waals surface area contributed by atoms with Crippen LogP contribution in [0, 0.1) is 5.82 Å². The normalized spacial score (nSPS) is 11.9. The third kappa shape index (κ3) is 4.73. The zero-order chi connectivity index (χ0) is 20.2. The first-order chi connectivity index (χ1) is 12.5. The van der Waals surface area contributed by atoms with Crippen LogP contribution in [0.25, 0.3) is 0 Å². The van der Waals surface area contributed by atoms with Crippen molar-refractivity contribution in [3.8, 4) is 5.75 Å². The molecule has 11 heteroatoms. The lowest BCUT2D eigenvalue weighted by Gasteiger charge is -2.19. The average molecular weight is 406 g/mol. The van der Waals surface area contributed by atoms with Crippen molar-refractivity contribution in [1.29, 1.82) is 0 Å². The quantitative estimate of drug-likeness (QED) is 0.690. The summed E-state index contributed by atoms with van der Waals surface area (Å²) in [6.45, 7) is -0.105. The van der Waals surface area contributed by atoms with Gasteiger partial charge in [-0.05, 0) is 36.4 Å². The molecule has 0 N–H and O–H groups in total. The summed E-state index contributed by atoms with van der Waals surface area (Å²) in [7, 11) is -4.51. The first-order valence-electron chi connectivity index (χ1n) is 7.44. The minimum atomic E-state index is -5.78. The Balaban J connectivity index is 2.12. The van der Waals surface area contributed by atoms with E-state index in [4.69, 9.17) is 4.74 Å². The Morgan fingerprint density at radius 3 is 2.41 bits per heavy atom. The van der Waals surface area contributed by atoms with Gasteiger partial charge >= 0.3 is 5.51 Å². The highest BCUT2D eigenvalue weighted by molar-refractivity contribution is 7.92. The summed E-state index contributed by atoms with van der Waals surface area (Å²) in [6, 6.07) is 7.19. The molecule has 0 saturated carbocycles. The summed E-state index contributed by atoms with van der Waals surface area (Å²) in [5, 5.41) is -1.35. The highest BCUT2D eigenvalue weighted by Crippen LogP contribution is 2.31. The topological polar surface area (TPSA) is 76.6 Å². The Hall–Kier alpha value is -2.69. The van der Waals surface area contributed by atoms with Gasteiger partial charge in [-0.2, -0.15) is 13.2 Å². The highest BCUT2D eigenvalue weighted by atomic mass is 32.2. The number of rotatable bonds is 6. The Morgan fingerprint density at radius 1 is 1.19 bits per heavy atom. The molecule has 0 atom stereocenters. The van der Waals surface area contributed by atoms with Crippen molar-refractivity contribution in [2.24, 2.45) is 0 Å². The number of likely N-dealkylation sites (N-methyl/N-ethyl adjacent to an activating group) is 1. The maximum atomic E-state index is 12.8. The van der Waals surface area contributed by atoms with Crippen molar-refractivity contribution in [2.45, 2.75) is 10.5 Å². The van der Waals surface area contributed by atoms with Crippen LogP contribution in [0.3, 0.4) is 0 Å². The molecule has 0 radical (unpaired) electrons. The van der Waals surface area contributed by atoms with Crippen molar-refractivity contribution in [2.75, 3.05) is 20.2 Å². The van der Waals surface area contributed by atoms with Gasteiger partial charge in [0.05, 0.1) is 12.1 Å². The fraction of sp³-hybridized carbons (Fsp3) is 0.250. The van der Waals surface area contributed by atoms with Gasteiger partial charge in [0.15, 0.2) is 5.03 Å². The van der Waals surface area contributed by atoms with Crippen molar-refractivity contribution in [1.82, 2.24) is 9.88 Å². The van der Waals surface area contributed by atoms with E-state index in [1.807, 2.05) is 0 Å². The second kappa shape index (κ2) is 7.91. The number of pyridine rings is 1. The number of carbonyl (C=O) groups is 1. The molecule has 0 aliphatic heterocycles. The van der Waals surface area contributed by atoms with E-state index in [9.17, 15) is 30.8 Å². The summed E-state index contributed by atoms with van der Waals surface area (Å²) >= 11 is 0. The molecular formula is C16H14F4N2O4S. The SMILES string of the molecule is CN(CCOc1ccc(F)cc1)C(=O)c1cccnc1S(=O)(=O)C(F)(F)F. The lowest BCUT2D eigenvalue weighted by Crippen LogP contribution is -2.33. The molecular weight excluding hydrogens is 392 g/mol. The number of sulfone groups is 1. The number of carbonyl (C=O) groups excluding carboxylic acids is 1. The van der Waals surface area contributed by atoms with Gasteiger partial charge in [-0.3, -0.25) is 4.79 Å². The average Bonchev–Trinajstić information content (AvgIpc) is 2.61. The van der Waals surface area contributed by atoms with Crippen LogP contribution in [0.4, 0.5) is 17.6 Å². The Bertz CT molecular complexity index is 915.